The molecule has 2 rings (SSSR count). The highest BCUT2D eigenvalue weighted by atomic mass is 32.2. The molecular weight excluding hydrogens is 336 g/mol. The summed E-state index contributed by atoms with van der Waals surface area (Å²) in [5, 5.41) is 13.1. The summed E-state index contributed by atoms with van der Waals surface area (Å²) in [6.07, 6.45) is 2.97. The molecule has 2 aromatic rings. The van der Waals surface area contributed by atoms with Crippen LogP contribution in [0.25, 0.3) is 0 Å². The van der Waals surface area contributed by atoms with Crippen molar-refractivity contribution < 1.29 is 18.1 Å². The van der Waals surface area contributed by atoms with E-state index in [4.69, 9.17) is 0 Å². The Labute approximate surface area is 137 Å². The van der Waals surface area contributed by atoms with Crippen LogP contribution in [0, 0.1) is 10.1 Å². The van der Waals surface area contributed by atoms with Gasteiger partial charge in [-0.2, -0.15) is 0 Å². The molecule has 0 aliphatic carbocycles. The predicted octanol–water partition coefficient (Wildman–Crippen LogP) is 1.30. The summed E-state index contributed by atoms with van der Waals surface area (Å²) < 4.78 is 26.3. The van der Waals surface area contributed by atoms with Gasteiger partial charge in [-0.25, -0.2) is 13.1 Å². The van der Waals surface area contributed by atoms with Crippen molar-refractivity contribution in [2.45, 2.75) is 11.3 Å². The number of nitro groups is 1. The summed E-state index contributed by atoms with van der Waals surface area (Å²) in [6.45, 7) is -0.106. The molecule has 0 radical (unpaired) electrons. The highest BCUT2D eigenvalue weighted by Crippen LogP contribution is 2.15. The summed E-state index contributed by atoms with van der Waals surface area (Å²) in [4.78, 5) is 25.4. The van der Waals surface area contributed by atoms with Crippen molar-refractivity contribution >= 4 is 27.3 Å². The number of pyridine rings is 1. The third kappa shape index (κ3) is 4.83. The van der Waals surface area contributed by atoms with Crippen LogP contribution in [0.3, 0.4) is 0 Å². The van der Waals surface area contributed by atoms with E-state index in [1.165, 1.54) is 6.20 Å². The second kappa shape index (κ2) is 7.62. The van der Waals surface area contributed by atoms with Crippen LogP contribution in [0.2, 0.25) is 0 Å². The monoisotopic (exact) mass is 350 g/mol. The quantitative estimate of drug-likeness (QED) is 0.571. The van der Waals surface area contributed by atoms with Crippen molar-refractivity contribution in [2.75, 3.05) is 11.9 Å². The Bertz CT molecular complexity index is 822. The first-order valence-corrected chi connectivity index (χ1v) is 8.31. The van der Waals surface area contributed by atoms with Gasteiger partial charge in [0, 0.05) is 31.3 Å². The van der Waals surface area contributed by atoms with Crippen LogP contribution in [0.15, 0.2) is 53.7 Å². The fourth-order valence-corrected chi connectivity index (χ4v) is 2.82. The SMILES string of the molecule is O=C(CCNS(=O)(=O)c1ccc([N+](=O)[O-])cc1)Nc1cccnc1. The van der Waals surface area contributed by atoms with Gasteiger partial charge in [0.1, 0.15) is 0 Å². The van der Waals surface area contributed by atoms with Crippen LogP contribution in [-0.4, -0.2) is 30.8 Å². The van der Waals surface area contributed by atoms with Gasteiger partial charge in [-0.05, 0) is 24.3 Å². The molecule has 24 heavy (non-hydrogen) atoms. The van der Waals surface area contributed by atoms with Crippen molar-refractivity contribution in [2.24, 2.45) is 0 Å². The van der Waals surface area contributed by atoms with Crippen LogP contribution in [0.5, 0.6) is 0 Å². The lowest BCUT2D eigenvalue weighted by molar-refractivity contribution is -0.384. The topological polar surface area (TPSA) is 131 Å². The average molecular weight is 350 g/mol. The Hall–Kier alpha value is -2.85. The predicted molar refractivity (Wildman–Crippen MR) is 85.8 cm³/mol. The summed E-state index contributed by atoms with van der Waals surface area (Å²) >= 11 is 0. The van der Waals surface area contributed by atoms with E-state index in [0.717, 1.165) is 24.3 Å². The zero-order valence-corrected chi connectivity index (χ0v) is 13.2. The minimum atomic E-state index is -3.84. The van der Waals surface area contributed by atoms with Crippen molar-refractivity contribution in [3.05, 3.63) is 58.9 Å². The third-order valence-electron chi connectivity index (χ3n) is 2.95. The third-order valence-corrected chi connectivity index (χ3v) is 4.42. The molecular formula is C14H14N4O5S. The largest absolute Gasteiger partial charge is 0.325 e. The van der Waals surface area contributed by atoms with Gasteiger partial charge < -0.3 is 5.32 Å². The minimum absolute atomic E-state index is 0.0683. The lowest BCUT2D eigenvalue weighted by Crippen LogP contribution is -2.27. The van der Waals surface area contributed by atoms with Gasteiger partial charge in [-0.1, -0.05) is 0 Å². The number of nitro benzene ring substituents is 1. The molecule has 1 heterocycles. The fourth-order valence-electron chi connectivity index (χ4n) is 1.79. The molecule has 1 amide bonds. The molecule has 0 fully saturated rings. The van der Waals surface area contributed by atoms with Gasteiger partial charge in [0.25, 0.3) is 5.69 Å². The van der Waals surface area contributed by atoms with Gasteiger partial charge in [0.2, 0.25) is 15.9 Å². The first-order chi connectivity index (χ1) is 11.4. The normalized spacial score (nSPS) is 11.0. The maximum absolute atomic E-state index is 12.0. The van der Waals surface area contributed by atoms with Crippen LogP contribution in [0.1, 0.15) is 6.42 Å². The number of anilines is 1. The summed E-state index contributed by atoms with van der Waals surface area (Å²) in [5.74, 6) is -0.366. The summed E-state index contributed by atoms with van der Waals surface area (Å²) in [6, 6.07) is 7.79. The van der Waals surface area contributed by atoms with Gasteiger partial charge in [0.05, 0.1) is 21.7 Å². The smallest absolute Gasteiger partial charge is 0.269 e. The number of hydrogen-bond acceptors (Lipinski definition) is 6. The van der Waals surface area contributed by atoms with E-state index in [9.17, 15) is 23.3 Å². The Morgan fingerprint density at radius 1 is 1.21 bits per heavy atom. The number of rotatable bonds is 7. The molecule has 0 spiro atoms. The number of aromatic nitrogens is 1. The first kappa shape index (κ1) is 17.5. The highest BCUT2D eigenvalue weighted by Gasteiger charge is 2.16. The zero-order chi connectivity index (χ0) is 17.6. The number of carbonyl (C=O) groups excluding carboxylic acids is 1. The molecule has 0 atom stereocenters. The molecule has 10 heteroatoms. The van der Waals surface area contributed by atoms with Gasteiger partial charge in [0.15, 0.2) is 0 Å². The van der Waals surface area contributed by atoms with E-state index < -0.39 is 14.9 Å². The maximum Gasteiger partial charge on any atom is 0.269 e. The van der Waals surface area contributed by atoms with Crippen molar-refractivity contribution in [3.63, 3.8) is 0 Å². The van der Waals surface area contributed by atoms with E-state index in [-0.39, 0.29) is 29.5 Å². The molecule has 0 aliphatic heterocycles. The zero-order valence-electron chi connectivity index (χ0n) is 12.4. The van der Waals surface area contributed by atoms with E-state index in [2.05, 4.69) is 15.0 Å². The van der Waals surface area contributed by atoms with Gasteiger partial charge in [-0.3, -0.25) is 19.9 Å². The summed E-state index contributed by atoms with van der Waals surface area (Å²) in [7, 11) is -3.84. The average Bonchev–Trinajstić information content (AvgIpc) is 2.55. The number of carbonyl (C=O) groups is 1. The molecule has 0 bridgehead atoms. The molecule has 1 aromatic carbocycles. The van der Waals surface area contributed by atoms with Crippen LogP contribution in [-0.2, 0) is 14.8 Å². The van der Waals surface area contributed by atoms with Crippen molar-refractivity contribution in [1.82, 2.24) is 9.71 Å². The standard InChI is InChI=1S/C14H14N4O5S/c19-14(17-11-2-1-8-15-10-11)7-9-16-24(22,23)13-5-3-12(4-6-13)18(20)21/h1-6,8,10,16H,7,9H2,(H,17,19). The highest BCUT2D eigenvalue weighted by molar-refractivity contribution is 7.89. The maximum atomic E-state index is 12.0. The van der Waals surface area contributed by atoms with Crippen LogP contribution >= 0.6 is 0 Å². The van der Waals surface area contributed by atoms with Crippen molar-refractivity contribution in [1.29, 1.82) is 0 Å². The number of hydrogen-bond donors (Lipinski definition) is 2. The van der Waals surface area contributed by atoms with E-state index in [1.807, 2.05) is 0 Å². The Balaban J connectivity index is 1.88. The molecule has 126 valence electrons. The number of sulfonamides is 1. The fraction of sp³-hybridized carbons (Fsp3) is 0.143. The molecule has 2 N–H and O–H groups in total. The second-order valence-corrected chi connectivity index (χ2v) is 6.46. The molecule has 0 saturated carbocycles. The molecule has 0 unspecified atom stereocenters. The number of benzene rings is 1. The van der Waals surface area contributed by atoms with Crippen LogP contribution in [0.4, 0.5) is 11.4 Å². The number of non-ortho nitro benzene ring substituents is 1. The van der Waals surface area contributed by atoms with Crippen LogP contribution < -0.4 is 10.0 Å². The lowest BCUT2D eigenvalue weighted by atomic mass is 10.3. The Morgan fingerprint density at radius 2 is 1.92 bits per heavy atom. The van der Waals surface area contributed by atoms with E-state index in [1.54, 1.807) is 18.3 Å². The second-order valence-electron chi connectivity index (χ2n) is 4.69. The molecule has 1 aromatic heterocycles. The number of nitrogens with one attached hydrogen (secondary N) is 2. The number of nitrogens with zero attached hydrogens (tertiary/aromatic N) is 2. The molecule has 0 aliphatic rings. The Morgan fingerprint density at radius 3 is 2.50 bits per heavy atom. The van der Waals surface area contributed by atoms with Gasteiger partial charge >= 0.3 is 0 Å². The number of amides is 1. The van der Waals surface area contributed by atoms with Crippen molar-refractivity contribution in [3.8, 4) is 0 Å². The minimum Gasteiger partial charge on any atom is -0.325 e. The van der Waals surface area contributed by atoms with E-state index in [0.29, 0.717) is 5.69 Å². The first-order valence-electron chi connectivity index (χ1n) is 6.82. The van der Waals surface area contributed by atoms with E-state index >= 15 is 0 Å². The molecule has 9 nitrogen and oxygen atoms in total. The van der Waals surface area contributed by atoms with Gasteiger partial charge in [-0.15, -0.1) is 0 Å². The molecule has 0 saturated heterocycles. The summed E-state index contributed by atoms with van der Waals surface area (Å²) in [5.41, 5.74) is 0.311. The Kier molecular flexibility index (Phi) is 5.55. The lowest BCUT2D eigenvalue weighted by Gasteiger charge is -2.07.